The second-order valence-corrected chi connectivity index (χ2v) is 8.48. The predicted octanol–water partition coefficient (Wildman–Crippen LogP) is 2.98. The molecule has 1 aliphatic heterocycles. The van der Waals surface area contributed by atoms with E-state index in [0.29, 0.717) is 11.3 Å². The number of sulfonamides is 1. The van der Waals surface area contributed by atoms with E-state index in [4.69, 9.17) is 4.74 Å². The molecule has 2 aromatic rings. The number of hydrogen-bond acceptors (Lipinski definition) is 5. The van der Waals surface area contributed by atoms with E-state index in [9.17, 15) is 13.2 Å². The van der Waals surface area contributed by atoms with E-state index < -0.39 is 16.0 Å². The highest BCUT2D eigenvalue weighted by Crippen LogP contribution is 2.29. The predicted molar refractivity (Wildman–Crippen MR) is 78.4 cm³/mol. The van der Waals surface area contributed by atoms with Crippen LogP contribution in [0, 0.1) is 0 Å². The van der Waals surface area contributed by atoms with Crippen molar-refractivity contribution in [1.82, 2.24) is 0 Å². The molecule has 8 heteroatoms. The fourth-order valence-corrected chi connectivity index (χ4v) is 4.88. The standard InChI is InChI=1S/C12H8BrNO4S2/c13-10-3-4-11(19-10)20(16,17)14-8-2-1-7-6-18-12(15)9(7)5-8/h1-5,14H,6H2. The third kappa shape index (κ3) is 2.46. The van der Waals surface area contributed by atoms with Crippen LogP contribution in [0.2, 0.25) is 0 Å². The minimum absolute atomic E-state index is 0.201. The Labute approximate surface area is 127 Å². The molecule has 2 heterocycles. The Hall–Kier alpha value is -1.38. The molecule has 5 nitrogen and oxygen atoms in total. The van der Waals surface area contributed by atoms with E-state index in [1.807, 2.05) is 0 Å². The molecular weight excluding hydrogens is 366 g/mol. The maximum Gasteiger partial charge on any atom is 0.338 e. The highest BCUT2D eigenvalue weighted by Gasteiger charge is 2.23. The molecule has 104 valence electrons. The summed E-state index contributed by atoms with van der Waals surface area (Å²) in [6, 6.07) is 7.96. The number of hydrogen-bond donors (Lipinski definition) is 1. The summed E-state index contributed by atoms with van der Waals surface area (Å²) >= 11 is 4.34. The van der Waals surface area contributed by atoms with Gasteiger partial charge in [-0.1, -0.05) is 6.07 Å². The number of cyclic esters (lactones) is 1. The molecule has 3 rings (SSSR count). The summed E-state index contributed by atoms with van der Waals surface area (Å²) in [5, 5.41) is 0. The summed E-state index contributed by atoms with van der Waals surface area (Å²) in [5.41, 5.74) is 1.50. The Balaban J connectivity index is 1.92. The molecule has 20 heavy (non-hydrogen) atoms. The van der Waals surface area contributed by atoms with E-state index in [0.717, 1.165) is 20.7 Å². The summed E-state index contributed by atoms with van der Waals surface area (Å²) in [6.45, 7) is 0.235. The summed E-state index contributed by atoms with van der Waals surface area (Å²) in [6.07, 6.45) is 0. The Bertz CT molecular complexity index is 798. The molecule has 0 saturated carbocycles. The number of esters is 1. The molecule has 0 fully saturated rings. The zero-order valence-corrected chi connectivity index (χ0v) is 13.1. The number of thiophene rings is 1. The van der Waals surface area contributed by atoms with Crippen molar-refractivity contribution in [3.8, 4) is 0 Å². The van der Waals surface area contributed by atoms with Crippen LogP contribution in [-0.2, 0) is 21.4 Å². The quantitative estimate of drug-likeness (QED) is 0.839. The largest absolute Gasteiger partial charge is 0.457 e. The van der Waals surface area contributed by atoms with Crippen LogP contribution in [0.15, 0.2) is 38.3 Å². The van der Waals surface area contributed by atoms with Crippen molar-refractivity contribution in [1.29, 1.82) is 0 Å². The summed E-state index contributed by atoms with van der Waals surface area (Å²) in [7, 11) is -3.64. The molecule has 0 atom stereocenters. The van der Waals surface area contributed by atoms with Crippen LogP contribution in [0.1, 0.15) is 15.9 Å². The molecule has 0 radical (unpaired) electrons. The van der Waals surface area contributed by atoms with Crippen molar-refractivity contribution < 1.29 is 17.9 Å². The number of anilines is 1. The third-order valence-corrected chi connectivity index (χ3v) is 6.25. The number of carbonyl (C=O) groups excluding carboxylic acids is 1. The molecule has 0 amide bonds. The number of rotatable bonds is 3. The van der Waals surface area contributed by atoms with Crippen LogP contribution in [0.25, 0.3) is 0 Å². The molecule has 0 unspecified atom stereocenters. The van der Waals surface area contributed by atoms with Gasteiger partial charge in [0, 0.05) is 11.3 Å². The van der Waals surface area contributed by atoms with Gasteiger partial charge in [0.25, 0.3) is 10.0 Å². The van der Waals surface area contributed by atoms with Crippen molar-refractivity contribution in [2.24, 2.45) is 0 Å². The maximum absolute atomic E-state index is 12.2. The summed E-state index contributed by atoms with van der Waals surface area (Å²) in [5.74, 6) is -0.431. The van der Waals surface area contributed by atoms with Gasteiger partial charge in [-0.3, -0.25) is 4.72 Å². The van der Waals surface area contributed by atoms with Crippen LogP contribution in [0.4, 0.5) is 5.69 Å². The smallest absolute Gasteiger partial charge is 0.338 e. The lowest BCUT2D eigenvalue weighted by molar-refractivity contribution is 0.0535. The second-order valence-electron chi connectivity index (χ2n) is 4.11. The minimum Gasteiger partial charge on any atom is -0.457 e. The number of nitrogens with one attached hydrogen (secondary N) is 1. The molecule has 0 aliphatic carbocycles. The fourth-order valence-electron chi connectivity index (χ4n) is 1.82. The molecule has 1 aromatic carbocycles. The second kappa shape index (κ2) is 4.87. The topological polar surface area (TPSA) is 72.5 Å². The van der Waals surface area contributed by atoms with Crippen LogP contribution in [0.3, 0.4) is 0 Å². The molecule has 1 N–H and O–H groups in total. The zero-order chi connectivity index (χ0) is 14.3. The van der Waals surface area contributed by atoms with E-state index >= 15 is 0 Å². The van der Waals surface area contributed by atoms with Crippen molar-refractivity contribution in [3.63, 3.8) is 0 Å². The van der Waals surface area contributed by atoms with Crippen molar-refractivity contribution >= 4 is 48.9 Å². The Morgan fingerprint density at radius 3 is 2.75 bits per heavy atom. The Kier molecular flexibility index (Phi) is 3.31. The first-order chi connectivity index (χ1) is 9.45. The zero-order valence-electron chi connectivity index (χ0n) is 9.92. The highest BCUT2D eigenvalue weighted by molar-refractivity contribution is 9.11. The van der Waals surface area contributed by atoms with Crippen LogP contribution in [0.5, 0.6) is 0 Å². The van der Waals surface area contributed by atoms with Gasteiger partial charge in [0.1, 0.15) is 10.8 Å². The highest BCUT2D eigenvalue weighted by atomic mass is 79.9. The van der Waals surface area contributed by atoms with Gasteiger partial charge < -0.3 is 4.74 Å². The molecular formula is C12H8BrNO4S2. The molecule has 0 spiro atoms. The first-order valence-electron chi connectivity index (χ1n) is 5.54. The average Bonchev–Trinajstić information content (AvgIpc) is 2.97. The monoisotopic (exact) mass is 373 g/mol. The van der Waals surface area contributed by atoms with Gasteiger partial charge in [-0.15, -0.1) is 11.3 Å². The van der Waals surface area contributed by atoms with E-state index in [2.05, 4.69) is 20.7 Å². The van der Waals surface area contributed by atoms with E-state index in [1.165, 1.54) is 12.1 Å². The molecule has 0 bridgehead atoms. The first-order valence-corrected chi connectivity index (χ1v) is 8.63. The lowest BCUT2D eigenvalue weighted by Gasteiger charge is -2.06. The van der Waals surface area contributed by atoms with Gasteiger partial charge in [0.15, 0.2) is 0 Å². The number of benzene rings is 1. The number of carbonyl (C=O) groups is 1. The average molecular weight is 374 g/mol. The number of fused-ring (bicyclic) bond motifs is 1. The lowest BCUT2D eigenvalue weighted by atomic mass is 10.1. The van der Waals surface area contributed by atoms with E-state index in [1.54, 1.807) is 18.2 Å². The fraction of sp³-hybridized carbons (Fsp3) is 0.0833. The normalized spacial score (nSPS) is 13.9. The van der Waals surface area contributed by atoms with Crippen molar-refractivity contribution in [2.75, 3.05) is 4.72 Å². The maximum atomic E-state index is 12.2. The third-order valence-electron chi connectivity index (χ3n) is 2.75. The molecule has 1 aliphatic rings. The van der Waals surface area contributed by atoms with Gasteiger partial charge in [-0.05, 0) is 40.2 Å². The number of halogens is 1. The summed E-state index contributed by atoms with van der Waals surface area (Å²) in [4.78, 5) is 11.5. The SMILES string of the molecule is O=C1OCc2ccc(NS(=O)(=O)c3ccc(Br)s3)cc21. The lowest BCUT2D eigenvalue weighted by Crippen LogP contribution is -2.11. The molecule has 0 saturated heterocycles. The minimum atomic E-state index is -3.64. The Morgan fingerprint density at radius 2 is 2.05 bits per heavy atom. The first kappa shape index (κ1) is 13.6. The van der Waals surface area contributed by atoms with E-state index in [-0.39, 0.29) is 10.8 Å². The van der Waals surface area contributed by atoms with Gasteiger partial charge in [0.05, 0.1) is 9.35 Å². The van der Waals surface area contributed by atoms with Crippen LogP contribution < -0.4 is 4.72 Å². The van der Waals surface area contributed by atoms with Gasteiger partial charge in [-0.2, -0.15) is 0 Å². The van der Waals surface area contributed by atoms with Crippen LogP contribution in [-0.4, -0.2) is 14.4 Å². The number of ether oxygens (including phenoxy) is 1. The summed E-state index contributed by atoms with van der Waals surface area (Å²) < 4.78 is 32.6. The van der Waals surface area contributed by atoms with Gasteiger partial charge in [0.2, 0.25) is 0 Å². The van der Waals surface area contributed by atoms with Gasteiger partial charge >= 0.3 is 5.97 Å². The van der Waals surface area contributed by atoms with Gasteiger partial charge in [-0.25, -0.2) is 13.2 Å². The van der Waals surface area contributed by atoms with Crippen molar-refractivity contribution in [2.45, 2.75) is 10.8 Å². The van der Waals surface area contributed by atoms with Crippen molar-refractivity contribution in [3.05, 3.63) is 45.2 Å². The molecule has 1 aromatic heterocycles. The van der Waals surface area contributed by atoms with Crippen LogP contribution >= 0.6 is 27.3 Å². The Morgan fingerprint density at radius 1 is 1.25 bits per heavy atom.